The van der Waals surface area contributed by atoms with E-state index in [1.165, 1.54) is 22.3 Å². The van der Waals surface area contributed by atoms with E-state index in [9.17, 15) is 0 Å². The van der Waals surface area contributed by atoms with Gasteiger partial charge in [-0.25, -0.2) is 0 Å². The van der Waals surface area contributed by atoms with Gasteiger partial charge in [0.1, 0.15) is 5.75 Å². The molecule has 0 aliphatic rings. The topological polar surface area (TPSA) is 21.3 Å². The van der Waals surface area contributed by atoms with Crippen LogP contribution in [0.4, 0.5) is 0 Å². The Bertz CT molecular complexity index is 577. The molecule has 0 heterocycles. The number of hydrogen-bond acceptors (Lipinski definition) is 2. The van der Waals surface area contributed by atoms with Crippen molar-refractivity contribution in [1.29, 1.82) is 0 Å². The Hall–Kier alpha value is -1.80. The standard InChI is InChI=1S/C18H23NO/c1-5-14-7-6-8-15(12-14)18(19-3)16-10-9-13(2)11-17(16)20-4/h6-12,18-19H,5H2,1-4H3. The van der Waals surface area contributed by atoms with E-state index in [2.05, 4.69) is 61.6 Å². The second-order valence-electron chi connectivity index (χ2n) is 5.07. The van der Waals surface area contributed by atoms with Gasteiger partial charge in [0, 0.05) is 5.56 Å². The van der Waals surface area contributed by atoms with E-state index < -0.39 is 0 Å². The van der Waals surface area contributed by atoms with Crippen molar-refractivity contribution in [3.8, 4) is 5.75 Å². The molecule has 0 spiro atoms. The quantitative estimate of drug-likeness (QED) is 0.889. The van der Waals surface area contributed by atoms with Crippen LogP contribution in [0.3, 0.4) is 0 Å². The molecule has 1 N–H and O–H groups in total. The van der Waals surface area contributed by atoms with Crippen LogP contribution in [-0.2, 0) is 6.42 Å². The van der Waals surface area contributed by atoms with Gasteiger partial charge in [0.05, 0.1) is 13.2 Å². The summed E-state index contributed by atoms with van der Waals surface area (Å²) in [7, 11) is 3.72. The zero-order valence-electron chi connectivity index (χ0n) is 12.7. The number of hydrogen-bond donors (Lipinski definition) is 1. The molecule has 1 unspecified atom stereocenters. The number of benzene rings is 2. The minimum atomic E-state index is 0.150. The second-order valence-corrected chi connectivity index (χ2v) is 5.07. The summed E-state index contributed by atoms with van der Waals surface area (Å²) in [6.45, 7) is 4.26. The molecule has 2 aromatic carbocycles. The lowest BCUT2D eigenvalue weighted by atomic mass is 9.95. The van der Waals surface area contributed by atoms with Crippen molar-refractivity contribution in [1.82, 2.24) is 5.32 Å². The predicted molar refractivity (Wildman–Crippen MR) is 84.5 cm³/mol. The van der Waals surface area contributed by atoms with Crippen LogP contribution in [0.2, 0.25) is 0 Å². The van der Waals surface area contributed by atoms with Crippen molar-refractivity contribution in [2.45, 2.75) is 26.3 Å². The van der Waals surface area contributed by atoms with Gasteiger partial charge < -0.3 is 10.1 Å². The largest absolute Gasteiger partial charge is 0.496 e. The van der Waals surface area contributed by atoms with E-state index in [1.807, 2.05) is 7.05 Å². The number of rotatable bonds is 5. The number of ether oxygens (including phenoxy) is 1. The van der Waals surface area contributed by atoms with Crippen molar-refractivity contribution in [2.75, 3.05) is 14.2 Å². The molecular weight excluding hydrogens is 246 g/mol. The molecule has 2 aromatic rings. The van der Waals surface area contributed by atoms with Crippen molar-refractivity contribution in [3.05, 3.63) is 64.7 Å². The summed E-state index contributed by atoms with van der Waals surface area (Å²) < 4.78 is 5.55. The van der Waals surface area contributed by atoms with Gasteiger partial charge in [0.2, 0.25) is 0 Å². The Morgan fingerprint density at radius 3 is 2.60 bits per heavy atom. The lowest BCUT2D eigenvalue weighted by Gasteiger charge is -2.21. The predicted octanol–water partition coefficient (Wildman–Crippen LogP) is 3.87. The van der Waals surface area contributed by atoms with Crippen LogP contribution in [0.5, 0.6) is 5.75 Å². The van der Waals surface area contributed by atoms with E-state index in [-0.39, 0.29) is 6.04 Å². The monoisotopic (exact) mass is 269 g/mol. The van der Waals surface area contributed by atoms with Crippen molar-refractivity contribution >= 4 is 0 Å². The minimum absolute atomic E-state index is 0.150. The highest BCUT2D eigenvalue weighted by atomic mass is 16.5. The first kappa shape index (κ1) is 14.6. The molecular formula is C18H23NO. The Labute approximate surface area is 121 Å². The van der Waals surface area contributed by atoms with Crippen LogP contribution in [-0.4, -0.2) is 14.2 Å². The summed E-state index contributed by atoms with van der Waals surface area (Å²) in [5.74, 6) is 0.936. The Morgan fingerprint density at radius 2 is 1.95 bits per heavy atom. The lowest BCUT2D eigenvalue weighted by molar-refractivity contribution is 0.405. The first-order chi connectivity index (χ1) is 9.69. The van der Waals surface area contributed by atoms with Crippen molar-refractivity contribution < 1.29 is 4.74 Å². The lowest BCUT2D eigenvalue weighted by Crippen LogP contribution is -2.18. The average Bonchev–Trinajstić information content (AvgIpc) is 2.49. The highest BCUT2D eigenvalue weighted by Crippen LogP contribution is 2.31. The molecule has 1 atom stereocenters. The highest BCUT2D eigenvalue weighted by Gasteiger charge is 2.16. The van der Waals surface area contributed by atoms with Gasteiger partial charge in [-0.1, -0.05) is 43.3 Å². The molecule has 0 saturated carbocycles. The maximum absolute atomic E-state index is 5.55. The van der Waals surface area contributed by atoms with E-state index >= 15 is 0 Å². The van der Waals surface area contributed by atoms with Gasteiger partial charge in [-0.3, -0.25) is 0 Å². The third-order valence-electron chi connectivity index (χ3n) is 3.68. The fraction of sp³-hybridized carbons (Fsp3) is 0.333. The summed E-state index contributed by atoms with van der Waals surface area (Å²) in [4.78, 5) is 0. The van der Waals surface area contributed by atoms with Gasteiger partial charge in [-0.05, 0) is 43.1 Å². The third-order valence-corrected chi connectivity index (χ3v) is 3.68. The van der Waals surface area contributed by atoms with Gasteiger partial charge in [-0.15, -0.1) is 0 Å². The number of methoxy groups -OCH3 is 1. The smallest absolute Gasteiger partial charge is 0.124 e. The molecule has 106 valence electrons. The molecule has 0 aromatic heterocycles. The number of aryl methyl sites for hydroxylation is 2. The SMILES string of the molecule is CCc1cccc(C(NC)c2ccc(C)cc2OC)c1. The molecule has 2 heteroatoms. The Balaban J connectivity index is 2.46. The van der Waals surface area contributed by atoms with Crippen LogP contribution >= 0.6 is 0 Å². The second kappa shape index (κ2) is 6.58. The molecule has 0 bridgehead atoms. The summed E-state index contributed by atoms with van der Waals surface area (Å²) in [6, 6.07) is 15.2. The molecule has 0 aliphatic carbocycles. The third kappa shape index (κ3) is 3.02. The molecule has 0 fully saturated rings. The van der Waals surface area contributed by atoms with E-state index in [1.54, 1.807) is 7.11 Å². The van der Waals surface area contributed by atoms with E-state index in [0.29, 0.717) is 0 Å². The molecule has 2 nitrogen and oxygen atoms in total. The Kier molecular flexibility index (Phi) is 4.80. The molecule has 0 saturated heterocycles. The molecule has 0 amide bonds. The van der Waals surface area contributed by atoms with Gasteiger partial charge in [-0.2, -0.15) is 0 Å². The van der Waals surface area contributed by atoms with Gasteiger partial charge in [0.25, 0.3) is 0 Å². The first-order valence-electron chi connectivity index (χ1n) is 7.10. The van der Waals surface area contributed by atoms with E-state index in [4.69, 9.17) is 4.74 Å². The fourth-order valence-corrected chi connectivity index (χ4v) is 2.55. The van der Waals surface area contributed by atoms with E-state index in [0.717, 1.165) is 12.2 Å². The minimum Gasteiger partial charge on any atom is -0.496 e. The summed E-state index contributed by atoms with van der Waals surface area (Å²) in [5.41, 5.74) is 5.01. The van der Waals surface area contributed by atoms with Crippen molar-refractivity contribution in [3.63, 3.8) is 0 Å². The fourth-order valence-electron chi connectivity index (χ4n) is 2.55. The van der Waals surface area contributed by atoms with Crippen LogP contribution < -0.4 is 10.1 Å². The van der Waals surface area contributed by atoms with Gasteiger partial charge >= 0.3 is 0 Å². The summed E-state index contributed by atoms with van der Waals surface area (Å²) in [6.07, 6.45) is 1.05. The van der Waals surface area contributed by atoms with Crippen LogP contribution in [0.15, 0.2) is 42.5 Å². The van der Waals surface area contributed by atoms with Gasteiger partial charge in [0.15, 0.2) is 0 Å². The first-order valence-corrected chi connectivity index (χ1v) is 7.10. The zero-order valence-corrected chi connectivity index (χ0v) is 12.7. The van der Waals surface area contributed by atoms with Crippen LogP contribution in [0, 0.1) is 6.92 Å². The maximum Gasteiger partial charge on any atom is 0.124 e. The molecule has 0 aliphatic heterocycles. The Morgan fingerprint density at radius 1 is 1.15 bits per heavy atom. The summed E-state index contributed by atoms with van der Waals surface area (Å²) >= 11 is 0. The maximum atomic E-state index is 5.55. The zero-order chi connectivity index (χ0) is 14.5. The van der Waals surface area contributed by atoms with Crippen molar-refractivity contribution in [2.24, 2.45) is 0 Å². The van der Waals surface area contributed by atoms with Crippen LogP contribution in [0.25, 0.3) is 0 Å². The summed E-state index contributed by atoms with van der Waals surface area (Å²) in [5, 5.41) is 3.40. The number of nitrogens with one attached hydrogen (secondary N) is 1. The van der Waals surface area contributed by atoms with Crippen LogP contribution in [0.1, 0.15) is 35.2 Å². The molecule has 2 rings (SSSR count). The average molecular weight is 269 g/mol. The highest BCUT2D eigenvalue weighted by molar-refractivity contribution is 5.44. The normalized spacial score (nSPS) is 12.2. The molecule has 0 radical (unpaired) electrons. The molecule has 20 heavy (non-hydrogen) atoms.